The van der Waals surface area contributed by atoms with Gasteiger partial charge in [-0.25, -0.2) is 8.42 Å². The number of carbonyl (C=O) groups excluding carboxylic acids is 1. The summed E-state index contributed by atoms with van der Waals surface area (Å²) in [4.78, 5) is 12.1. The van der Waals surface area contributed by atoms with Gasteiger partial charge in [0.2, 0.25) is 5.91 Å². The lowest BCUT2D eigenvalue weighted by Gasteiger charge is -2.07. The lowest BCUT2D eigenvalue weighted by molar-refractivity contribution is -0.120. The monoisotopic (exact) mass is 427 g/mol. The van der Waals surface area contributed by atoms with Crippen LogP contribution in [0.25, 0.3) is 0 Å². The standard InChI is InChI=1S/C17H22BrN3O3S/c1-13-17(18)14(2)21(20-13)11-6-10-19-16(22)9-12-25(23,24)15-7-4-3-5-8-15/h3-5,7-8H,6,9-12H2,1-2H3,(H,19,22). The summed E-state index contributed by atoms with van der Waals surface area (Å²) in [5.41, 5.74) is 1.99. The maximum absolute atomic E-state index is 12.1. The molecule has 0 saturated heterocycles. The number of aryl methyl sites for hydroxylation is 2. The highest BCUT2D eigenvalue weighted by Gasteiger charge is 2.15. The van der Waals surface area contributed by atoms with Gasteiger partial charge in [-0.2, -0.15) is 5.10 Å². The maximum atomic E-state index is 12.1. The Kier molecular flexibility index (Phi) is 6.78. The number of hydrogen-bond acceptors (Lipinski definition) is 4. The quantitative estimate of drug-likeness (QED) is 0.656. The molecule has 0 radical (unpaired) electrons. The fraction of sp³-hybridized carbons (Fsp3) is 0.412. The number of sulfone groups is 1. The van der Waals surface area contributed by atoms with Gasteiger partial charge < -0.3 is 5.32 Å². The zero-order chi connectivity index (χ0) is 18.4. The van der Waals surface area contributed by atoms with E-state index in [0.717, 1.165) is 22.3 Å². The van der Waals surface area contributed by atoms with Crippen molar-refractivity contribution in [1.29, 1.82) is 0 Å². The molecule has 0 spiro atoms. The second-order valence-corrected chi connectivity index (χ2v) is 8.70. The van der Waals surface area contributed by atoms with E-state index in [-0.39, 0.29) is 23.0 Å². The first kappa shape index (κ1) is 19.7. The minimum absolute atomic E-state index is 0.0390. The van der Waals surface area contributed by atoms with Gasteiger partial charge in [0.15, 0.2) is 9.84 Å². The van der Waals surface area contributed by atoms with Gasteiger partial charge >= 0.3 is 0 Å². The van der Waals surface area contributed by atoms with Crippen molar-refractivity contribution in [1.82, 2.24) is 15.1 Å². The van der Waals surface area contributed by atoms with E-state index in [1.165, 1.54) is 0 Å². The summed E-state index contributed by atoms with van der Waals surface area (Å²) in [5.74, 6) is -0.443. The van der Waals surface area contributed by atoms with E-state index in [9.17, 15) is 13.2 Å². The van der Waals surface area contributed by atoms with Gasteiger partial charge in [0.1, 0.15) is 0 Å². The summed E-state index contributed by atoms with van der Waals surface area (Å²) < 4.78 is 27.2. The SMILES string of the molecule is Cc1nn(CCCNC(=O)CCS(=O)(=O)c2ccccc2)c(C)c1Br. The van der Waals surface area contributed by atoms with Crippen LogP contribution in [0.15, 0.2) is 39.7 Å². The molecule has 136 valence electrons. The number of nitrogens with one attached hydrogen (secondary N) is 1. The van der Waals surface area contributed by atoms with Crippen LogP contribution < -0.4 is 5.32 Å². The van der Waals surface area contributed by atoms with Crippen molar-refractivity contribution in [3.8, 4) is 0 Å². The molecule has 0 bridgehead atoms. The van der Waals surface area contributed by atoms with Crippen LogP contribution in [-0.2, 0) is 21.2 Å². The van der Waals surface area contributed by atoms with E-state index in [2.05, 4.69) is 26.3 Å². The maximum Gasteiger partial charge on any atom is 0.221 e. The Balaban J connectivity index is 1.73. The average molecular weight is 428 g/mol. The van der Waals surface area contributed by atoms with Crippen molar-refractivity contribution in [3.05, 3.63) is 46.2 Å². The fourth-order valence-electron chi connectivity index (χ4n) is 2.41. The van der Waals surface area contributed by atoms with E-state index in [4.69, 9.17) is 0 Å². The highest BCUT2D eigenvalue weighted by Crippen LogP contribution is 2.19. The van der Waals surface area contributed by atoms with E-state index in [0.29, 0.717) is 13.1 Å². The molecular weight excluding hydrogens is 406 g/mol. The molecule has 8 heteroatoms. The second kappa shape index (κ2) is 8.62. The third kappa shape index (κ3) is 5.40. The number of hydrogen-bond donors (Lipinski definition) is 1. The van der Waals surface area contributed by atoms with Gasteiger partial charge in [-0.15, -0.1) is 0 Å². The van der Waals surface area contributed by atoms with E-state index in [1.54, 1.807) is 30.3 Å². The molecule has 1 aromatic carbocycles. The van der Waals surface area contributed by atoms with Crippen LogP contribution >= 0.6 is 15.9 Å². The van der Waals surface area contributed by atoms with Crippen LogP contribution in [-0.4, -0.2) is 36.4 Å². The molecule has 25 heavy (non-hydrogen) atoms. The van der Waals surface area contributed by atoms with Gasteiger partial charge in [0.05, 0.1) is 20.8 Å². The largest absolute Gasteiger partial charge is 0.356 e. The molecule has 2 aromatic rings. The number of nitrogens with zero attached hydrogens (tertiary/aromatic N) is 2. The Morgan fingerprint density at radius 3 is 2.52 bits per heavy atom. The zero-order valence-electron chi connectivity index (χ0n) is 14.3. The lowest BCUT2D eigenvalue weighted by atomic mass is 10.3. The molecule has 1 N–H and O–H groups in total. The summed E-state index contributed by atoms with van der Waals surface area (Å²) >= 11 is 3.48. The third-order valence-electron chi connectivity index (χ3n) is 3.86. The van der Waals surface area contributed by atoms with Gasteiger partial charge in [-0.05, 0) is 48.3 Å². The molecule has 0 fully saturated rings. The number of aromatic nitrogens is 2. The summed E-state index contributed by atoms with van der Waals surface area (Å²) in [6.07, 6.45) is 0.689. The molecule has 0 aliphatic carbocycles. The van der Waals surface area contributed by atoms with Crippen LogP contribution in [0.3, 0.4) is 0 Å². The van der Waals surface area contributed by atoms with Crippen molar-refractivity contribution < 1.29 is 13.2 Å². The minimum atomic E-state index is -3.42. The van der Waals surface area contributed by atoms with E-state index in [1.807, 2.05) is 18.5 Å². The predicted molar refractivity (Wildman–Crippen MR) is 100 cm³/mol. The van der Waals surface area contributed by atoms with Crippen molar-refractivity contribution in [2.45, 2.75) is 38.1 Å². The number of amides is 1. The Morgan fingerprint density at radius 1 is 1.24 bits per heavy atom. The molecule has 2 rings (SSSR count). The Morgan fingerprint density at radius 2 is 1.92 bits per heavy atom. The number of rotatable bonds is 8. The topological polar surface area (TPSA) is 81.1 Å². The summed E-state index contributed by atoms with van der Waals surface area (Å²) in [6.45, 7) is 5.10. The molecule has 0 unspecified atom stereocenters. The number of benzene rings is 1. The summed E-state index contributed by atoms with van der Waals surface area (Å²) in [5, 5.41) is 7.17. The Hall–Kier alpha value is -1.67. The lowest BCUT2D eigenvalue weighted by Crippen LogP contribution is -2.27. The van der Waals surface area contributed by atoms with Crippen molar-refractivity contribution in [2.75, 3.05) is 12.3 Å². The van der Waals surface area contributed by atoms with E-state index >= 15 is 0 Å². The number of carbonyl (C=O) groups is 1. The molecule has 0 saturated carbocycles. The van der Waals surface area contributed by atoms with Gasteiger partial charge in [-0.1, -0.05) is 18.2 Å². The molecule has 1 aromatic heterocycles. The molecule has 6 nitrogen and oxygen atoms in total. The van der Waals surface area contributed by atoms with Crippen LogP contribution in [0.1, 0.15) is 24.2 Å². The zero-order valence-corrected chi connectivity index (χ0v) is 16.7. The van der Waals surface area contributed by atoms with Crippen molar-refractivity contribution >= 4 is 31.7 Å². The first-order chi connectivity index (χ1) is 11.8. The highest BCUT2D eigenvalue weighted by molar-refractivity contribution is 9.10. The van der Waals surface area contributed by atoms with Crippen LogP contribution in [0.4, 0.5) is 0 Å². The highest BCUT2D eigenvalue weighted by atomic mass is 79.9. The van der Waals surface area contributed by atoms with Crippen LogP contribution in [0.5, 0.6) is 0 Å². The van der Waals surface area contributed by atoms with Crippen LogP contribution in [0, 0.1) is 13.8 Å². The molecule has 1 amide bonds. The second-order valence-electron chi connectivity index (χ2n) is 5.79. The van der Waals surface area contributed by atoms with E-state index < -0.39 is 9.84 Å². The molecule has 0 atom stereocenters. The Labute approximate surface area is 156 Å². The van der Waals surface area contributed by atoms with Crippen molar-refractivity contribution in [2.24, 2.45) is 0 Å². The molecule has 1 heterocycles. The molecular formula is C17H22BrN3O3S. The minimum Gasteiger partial charge on any atom is -0.356 e. The predicted octanol–water partition coefficient (Wildman–Crippen LogP) is 2.63. The summed E-state index contributed by atoms with van der Waals surface area (Å²) in [7, 11) is -3.42. The Bertz CT molecular complexity index is 832. The average Bonchev–Trinajstić information content (AvgIpc) is 2.85. The number of halogens is 1. The van der Waals surface area contributed by atoms with Gasteiger partial charge in [0.25, 0.3) is 0 Å². The normalized spacial score (nSPS) is 11.5. The molecule has 0 aliphatic heterocycles. The first-order valence-corrected chi connectivity index (χ1v) is 10.5. The van der Waals surface area contributed by atoms with Crippen molar-refractivity contribution in [3.63, 3.8) is 0 Å². The summed E-state index contributed by atoms with van der Waals surface area (Å²) in [6, 6.07) is 8.18. The third-order valence-corrected chi connectivity index (χ3v) is 6.74. The van der Waals surface area contributed by atoms with Gasteiger partial charge in [0, 0.05) is 25.2 Å². The van der Waals surface area contributed by atoms with Gasteiger partial charge in [-0.3, -0.25) is 9.48 Å². The first-order valence-electron chi connectivity index (χ1n) is 8.05. The molecule has 0 aliphatic rings. The smallest absolute Gasteiger partial charge is 0.221 e. The van der Waals surface area contributed by atoms with Crippen LogP contribution in [0.2, 0.25) is 0 Å². The fourth-order valence-corrected chi connectivity index (χ4v) is 3.96.